The summed E-state index contributed by atoms with van der Waals surface area (Å²) < 4.78 is 0. The summed E-state index contributed by atoms with van der Waals surface area (Å²) in [5.74, 6) is 0. The Bertz CT molecular complexity index is 374. The van der Waals surface area contributed by atoms with Gasteiger partial charge in [-0.2, -0.15) is 0 Å². The lowest BCUT2D eigenvalue weighted by Crippen LogP contribution is -1.91. The zero-order valence-electron chi connectivity index (χ0n) is 7.74. The van der Waals surface area contributed by atoms with Gasteiger partial charge in [0, 0.05) is 6.07 Å². The molecule has 14 heavy (non-hydrogen) atoms. The first-order chi connectivity index (χ1) is 6.66. The van der Waals surface area contributed by atoms with E-state index in [9.17, 15) is 10.1 Å². The van der Waals surface area contributed by atoms with Crippen LogP contribution >= 0.6 is 11.6 Å². The first-order valence-electron chi connectivity index (χ1n) is 4.26. The minimum Gasteiger partial charge on any atom is -0.258 e. The molecule has 1 aromatic rings. The molecule has 1 aromatic carbocycles. The molecule has 0 aromatic heterocycles. The topological polar surface area (TPSA) is 43.1 Å². The second-order valence-corrected chi connectivity index (χ2v) is 3.15. The highest BCUT2D eigenvalue weighted by Crippen LogP contribution is 2.27. The summed E-state index contributed by atoms with van der Waals surface area (Å²) >= 11 is 5.85. The van der Waals surface area contributed by atoms with Crippen LogP contribution in [0, 0.1) is 10.1 Å². The summed E-state index contributed by atoms with van der Waals surface area (Å²) in [6, 6.07) is 4.66. The molecule has 4 heteroatoms. The van der Waals surface area contributed by atoms with Gasteiger partial charge in [0.25, 0.3) is 5.69 Å². The van der Waals surface area contributed by atoms with Crippen molar-refractivity contribution in [3.63, 3.8) is 0 Å². The molecule has 0 radical (unpaired) electrons. The Morgan fingerprint density at radius 2 is 2.29 bits per heavy atom. The lowest BCUT2D eigenvalue weighted by molar-refractivity contribution is -0.385. The number of nitro benzene ring substituents is 1. The van der Waals surface area contributed by atoms with E-state index in [0.717, 1.165) is 6.42 Å². The number of allylic oxidation sites excluding steroid dienone is 1. The molecule has 0 saturated heterocycles. The third-order valence-electron chi connectivity index (χ3n) is 1.75. The molecule has 0 spiro atoms. The molecule has 0 aliphatic rings. The second kappa shape index (κ2) is 4.77. The molecule has 0 heterocycles. The predicted molar refractivity (Wildman–Crippen MR) is 57.4 cm³/mol. The maximum atomic E-state index is 10.7. The molecule has 0 N–H and O–H groups in total. The van der Waals surface area contributed by atoms with Gasteiger partial charge in [-0.15, -0.1) is 0 Å². The molecular weight excluding hydrogens is 202 g/mol. The van der Waals surface area contributed by atoms with E-state index in [1.54, 1.807) is 18.2 Å². The Labute approximate surface area is 87.2 Å². The van der Waals surface area contributed by atoms with Gasteiger partial charge in [0.15, 0.2) is 0 Å². The summed E-state index contributed by atoms with van der Waals surface area (Å²) in [5, 5.41) is 11.1. The van der Waals surface area contributed by atoms with Crippen molar-refractivity contribution in [2.75, 3.05) is 0 Å². The van der Waals surface area contributed by atoms with Crippen molar-refractivity contribution >= 4 is 23.4 Å². The lowest BCUT2D eigenvalue weighted by Gasteiger charge is -1.99. The highest BCUT2D eigenvalue weighted by Gasteiger charge is 2.13. The largest absolute Gasteiger partial charge is 0.278 e. The smallest absolute Gasteiger partial charge is 0.258 e. The molecule has 74 valence electrons. The Hall–Kier alpha value is -1.35. The Balaban J connectivity index is 3.22. The monoisotopic (exact) mass is 211 g/mol. The first kappa shape index (κ1) is 10.7. The van der Waals surface area contributed by atoms with Gasteiger partial charge in [-0.3, -0.25) is 10.1 Å². The van der Waals surface area contributed by atoms with Crippen LogP contribution < -0.4 is 0 Å². The van der Waals surface area contributed by atoms with Crippen molar-refractivity contribution in [2.45, 2.75) is 13.3 Å². The van der Waals surface area contributed by atoms with Crippen LogP contribution in [0.2, 0.25) is 5.02 Å². The fourth-order valence-electron chi connectivity index (χ4n) is 1.09. The summed E-state index contributed by atoms with van der Waals surface area (Å²) in [6.07, 6.45) is 4.34. The molecule has 0 saturated carbocycles. The highest BCUT2D eigenvalue weighted by molar-refractivity contribution is 6.32. The maximum Gasteiger partial charge on any atom is 0.278 e. The van der Waals surface area contributed by atoms with Gasteiger partial charge >= 0.3 is 0 Å². The average Bonchev–Trinajstić information content (AvgIpc) is 2.15. The van der Waals surface area contributed by atoms with Crippen LogP contribution in [0.3, 0.4) is 0 Å². The molecule has 0 unspecified atom stereocenters. The van der Waals surface area contributed by atoms with E-state index in [0.29, 0.717) is 10.6 Å². The van der Waals surface area contributed by atoms with Gasteiger partial charge in [0.05, 0.1) is 15.5 Å². The molecule has 1 rings (SSSR count). The third kappa shape index (κ3) is 2.33. The average molecular weight is 212 g/mol. The van der Waals surface area contributed by atoms with Crippen molar-refractivity contribution in [1.82, 2.24) is 0 Å². The SMILES string of the molecule is CCC=Cc1c(Cl)cccc1[N+](=O)[O-]. The Morgan fingerprint density at radius 3 is 2.86 bits per heavy atom. The summed E-state index contributed by atoms with van der Waals surface area (Å²) in [7, 11) is 0. The molecule has 0 aliphatic carbocycles. The molecule has 0 fully saturated rings. The fraction of sp³-hybridized carbons (Fsp3) is 0.200. The minimum absolute atomic E-state index is 0.0437. The Morgan fingerprint density at radius 1 is 1.57 bits per heavy atom. The van der Waals surface area contributed by atoms with Crippen LogP contribution in [0.25, 0.3) is 6.08 Å². The number of nitrogens with zero attached hydrogens (tertiary/aromatic N) is 1. The Kier molecular flexibility index (Phi) is 3.65. The molecule has 3 nitrogen and oxygen atoms in total. The van der Waals surface area contributed by atoms with Crippen molar-refractivity contribution in [1.29, 1.82) is 0 Å². The summed E-state index contributed by atoms with van der Waals surface area (Å²) in [6.45, 7) is 1.96. The number of nitro groups is 1. The number of halogens is 1. The first-order valence-corrected chi connectivity index (χ1v) is 4.64. The van der Waals surface area contributed by atoms with Crippen LogP contribution in [-0.2, 0) is 0 Å². The second-order valence-electron chi connectivity index (χ2n) is 2.74. The number of rotatable bonds is 3. The maximum absolute atomic E-state index is 10.7. The van der Waals surface area contributed by atoms with Crippen LogP contribution in [0.15, 0.2) is 24.3 Å². The van der Waals surface area contributed by atoms with E-state index in [1.807, 2.05) is 13.0 Å². The van der Waals surface area contributed by atoms with Crippen molar-refractivity contribution in [3.8, 4) is 0 Å². The van der Waals surface area contributed by atoms with E-state index in [4.69, 9.17) is 11.6 Å². The number of hydrogen-bond donors (Lipinski definition) is 0. The third-order valence-corrected chi connectivity index (χ3v) is 2.08. The minimum atomic E-state index is -0.429. The van der Waals surface area contributed by atoms with Crippen molar-refractivity contribution < 1.29 is 4.92 Å². The van der Waals surface area contributed by atoms with Crippen LogP contribution in [0.1, 0.15) is 18.9 Å². The van der Waals surface area contributed by atoms with E-state index >= 15 is 0 Å². The molecule has 0 bridgehead atoms. The van der Waals surface area contributed by atoms with Gasteiger partial charge in [0.1, 0.15) is 0 Å². The zero-order valence-corrected chi connectivity index (χ0v) is 8.49. The fourth-order valence-corrected chi connectivity index (χ4v) is 1.32. The molecule has 0 atom stereocenters. The van der Waals surface area contributed by atoms with Gasteiger partial charge in [0.2, 0.25) is 0 Å². The van der Waals surface area contributed by atoms with E-state index < -0.39 is 4.92 Å². The van der Waals surface area contributed by atoms with Gasteiger partial charge in [-0.1, -0.05) is 36.7 Å². The summed E-state index contributed by atoms with van der Waals surface area (Å²) in [5.41, 5.74) is 0.517. The normalized spacial score (nSPS) is 10.7. The van der Waals surface area contributed by atoms with Gasteiger partial charge < -0.3 is 0 Å². The van der Waals surface area contributed by atoms with E-state index in [-0.39, 0.29) is 5.69 Å². The standard InChI is InChI=1S/C10H10ClNO2/c1-2-3-5-8-9(11)6-4-7-10(8)12(13)14/h3-7H,2H2,1H3. The highest BCUT2D eigenvalue weighted by atomic mass is 35.5. The number of hydrogen-bond acceptors (Lipinski definition) is 2. The van der Waals surface area contributed by atoms with Crippen molar-refractivity contribution in [3.05, 3.63) is 45.0 Å². The molecular formula is C10H10ClNO2. The molecule has 0 aliphatic heterocycles. The van der Waals surface area contributed by atoms with Crippen LogP contribution in [0.4, 0.5) is 5.69 Å². The van der Waals surface area contributed by atoms with Gasteiger partial charge in [-0.05, 0) is 12.5 Å². The molecule has 0 amide bonds. The predicted octanol–water partition coefficient (Wildman–Crippen LogP) is 3.67. The quantitative estimate of drug-likeness (QED) is 0.566. The van der Waals surface area contributed by atoms with Gasteiger partial charge in [-0.25, -0.2) is 0 Å². The van der Waals surface area contributed by atoms with Crippen molar-refractivity contribution in [2.24, 2.45) is 0 Å². The van der Waals surface area contributed by atoms with Crippen LogP contribution in [0.5, 0.6) is 0 Å². The van der Waals surface area contributed by atoms with E-state index in [2.05, 4.69) is 0 Å². The number of benzene rings is 1. The zero-order chi connectivity index (χ0) is 10.6. The van der Waals surface area contributed by atoms with Crippen LogP contribution in [-0.4, -0.2) is 4.92 Å². The van der Waals surface area contributed by atoms with E-state index in [1.165, 1.54) is 6.07 Å². The lowest BCUT2D eigenvalue weighted by atomic mass is 10.1. The summed E-state index contributed by atoms with van der Waals surface area (Å²) in [4.78, 5) is 10.2.